The van der Waals surface area contributed by atoms with Crippen LogP contribution in [0.15, 0.2) is 69.8 Å². The van der Waals surface area contributed by atoms with Gasteiger partial charge in [-0.2, -0.15) is 0 Å². The van der Waals surface area contributed by atoms with Crippen LogP contribution in [-0.4, -0.2) is 23.5 Å². The normalized spacial score (nSPS) is 10.8. The third-order valence-corrected chi connectivity index (χ3v) is 4.57. The minimum Gasteiger partial charge on any atom is -0.463 e. The van der Waals surface area contributed by atoms with Crippen molar-refractivity contribution >= 4 is 34.2 Å². The summed E-state index contributed by atoms with van der Waals surface area (Å²) in [7, 11) is 0. The maximum atomic E-state index is 12.7. The van der Waals surface area contributed by atoms with Crippen molar-refractivity contribution in [3.63, 3.8) is 0 Å². The lowest BCUT2D eigenvalue weighted by atomic mass is 10.1. The number of hydrogen-bond donors (Lipinski definition) is 1. The van der Waals surface area contributed by atoms with E-state index in [2.05, 4.69) is 10.5 Å². The molecule has 146 valence electrons. The number of para-hydroxylation sites is 1. The monoisotopic (exact) mass is 389 g/mol. The molecule has 2 amide bonds. The fraction of sp³-hybridized carbons (Fsp3) is 0.136. The van der Waals surface area contributed by atoms with Crippen molar-refractivity contribution in [2.45, 2.75) is 13.8 Å². The second kappa shape index (κ2) is 7.63. The van der Waals surface area contributed by atoms with Gasteiger partial charge >= 0.3 is 0 Å². The van der Waals surface area contributed by atoms with Gasteiger partial charge in [-0.1, -0.05) is 23.4 Å². The Morgan fingerprint density at radius 3 is 2.55 bits per heavy atom. The van der Waals surface area contributed by atoms with E-state index in [9.17, 15) is 9.59 Å². The smallest absolute Gasteiger partial charge is 0.280 e. The highest BCUT2D eigenvalue weighted by Gasteiger charge is 2.20. The van der Waals surface area contributed by atoms with Gasteiger partial charge in [0.15, 0.2) is 5.69 Å². The lowest BCUT2D eigenvalue weighted by Crippen LogP contribution is -2.30. The average molecular weight is 389 g/mol. The molecule has 0 fully saturated rings. The van der Waals surface area contributed by atoms with Gasteiger partial charge in [-0.3, -0.25) is 9.59 Å². The minimum absolute atomic E-state index is 0.244. The van der Waals surface area contributed by atoms with E-state index >= 15 is 0 Å². The number of carbonyl (C=O) groups excluding carboxylic acids is 2. The molecule has 0 aliphatic carbocycles. The molecule has 0 saturated carbocycles. The maximum absolute atomic E-state index is 12.7. The Hall–Kier alpha value is -3.87. The molecule has 7 heteroatoms. The number of rotatable bonds is 5. The summed E-state index contributed by atoms with van der Waals surface area (Å²) in [6, 6.07) is 16.0. The molecule has 0 atom stereocenters. The summed E-state index contributed by atoms with van der Waals surface area (Å²) in [6.45, 7) is 4.09. The fourth-order valence-electron chi connectivity index (χ4n) is 3.13. The van der Waals surface area contributed by atoms with Crippen LogP contribution in [0, 0.1) is 6.92 Å². The molecular formula is C22H19N3O4. The Morgan fingerprint density at radius 1 is 1.10 bits per heavy atom. The van der Waals surface area contributed by atoms with Crippen molar-refractivity contribution in [3.05, 3.63) is 77.9 Å². The molecule has 0 aliphatic rings. The molecule has 2 heterocycles. The van der Waals surface area contributed by atoms with Crippen LogP contribution in [0.4, 0.5) is 11.4 Å². The largest absolute Gasteiger partial charge is 0.463 e. The Kier molecular flexibility index (Phi) is 4.87. The van der Waals surface area contributed by atoms with E-state index in [1.54, 1.807) is 42.2 Å². The summed E-state index contributed by atoms with van der Waals surface area (Å²) in [4.78, 5) is 26.9. The quantitative estimate of drug-likeness (QED) is 0.537. The van der Waals surface area contributed by atoms with E-state index in [0.29, 0.717) is 34.8 Å². The SMILES string of the molecule is CCN(C(=O)c1cc(C)on1)c1ccc(NC(=O)c2coc3ccccc23)cc1. The van der Waals surface area contributed by atoms with Gasteiger partial charge in [0.1, 0.15) is 17.6 Å². The Balaban J connectivity index is 1.51. The van der Waals surface area contributed by atoms with Gasteiger partial charge in [-0.25, -0.2) is 0 Å². The first kappa shape index (κ1) is 18.5. The molecule has 4 rings (SSSR count). The molecule has 0 saturated heterocycles. The van der Waals surface area contributed by atoms with Crippen LogP contribution in [0.5, 0.6) is 0 Å². The van der Waals surface area contributed by atoms with Gasteiger partial charge in [0.25, 0.3) is 11.8 Å². The van der Waals surface area contributed by atoms with Gasteiger partial charge < -0.3 is 19.2 Å². The van der Waals surface area contributed by atoms with E-state index < -0.39 is 0 Å². The molecule has 29 heavy (non-hydrogen) atoms. The topological polar surface area (TPSA) is 88.6 Å². The third kappa shape index (κ3) is 3.62. The zero-order valence-corrected chi connectivity index (χ0v) is 16.0. The average Bonchev–Trinajstić information content (AvgIpc) is 3.36. The summed E-state index contributed by atoms with van der Waals surface area (Å²) in [5.41, 5.74) is 2.70. The van der Waals surface area contributed by atoms with Crippen molar-refractivity contribution < 1.29 is 18.5 Å². The number of anilines is 2. The molecule has 0 unspecified atom stereocenters. The molecule has 2 aromatic carbocycles. The summed E-state index contributed by atoms with van der Waals surface area (Å²) in [5, 5.41) is 7.40. The molecule has 0 bridgehead atoms. The number of nitrogens with one attached hydrogen (secondary N) is 1. The minimum atomic E-state index is -0.260. The van der Waals surface area contributed by atoms with Crippen molar-refractivity contribution in [3.8, 4) is 0 Å². The molecule has 2 aromatic heterocycles. The van der Waals surface area contributed by atoms with Gasteiger partial charge in [0.05, 0.1) is 5.56 Å². The number of carbonyl (C=O) groups is 2. The number of aromatic nitrogens is 1. The molecule has 1 N–H and O–H groups in total. The molecule has 0 aliphatic heterocycles. The molecule has 7 nitrogen and oxygen atoms in total. The lowest BCUT2D eigenvalue weighted by molar-refractivity contribution is 0.0978. The molecular weight excluding hydrogens is 370 g/mol. The van der Waals surface area contributed by atoms with Crippen LogP contribution in [0.1, 0.15) is 33.5 Å². The second-order valence-corrected chi connectivity index (χ2v) is 6.52. The summed E-state index contributed by atoms with van der Waals surface area (Å²) >= 11 is 0. The molecule has 0 radical (unpaired) electrons. The predicted octanol–water partition coefficient (Wildman–Crippen LogP) is 4.65. The highest BCUT2D eigenvalue weighted by molar-refractivity contribution is 6.12. The van der Waals surface area contributed by atoms with Gasteiger partial charge in [0, 0.05) is 29.4 Å². The Morgan fingerprint density at radius 2 is 1.86 bits per heavy atom. The van der Waals surface area contributed by atoms with Gasteiger partial charge in [-0.15, -0.1) is 0 Å². The van der Waals surface area contributed by atoms with E-state index in [4.69, 9.17) is 8.94 Å². The highest BCUT2D eigenvalue weighted by atomic mass is 16.5. The number of furan rings is 1. The van der Waals surface area contributed by atoms with Crippen LogP contribution >= 0.6 is 0 Å². The number of benzene rings is 2. The lowest BCUT2D eigenvalue weighted by Gasteiger charge is -2.20. The Bertz CT molecular complexity index is 1170. The van der Waals surface area contributed by atoms with Crippen LogP contribution in [-0.2, 0) is 0 Å². The number of nitrogens with zero attached hydrogens (tertiary/aromatic N) is 2. The van der Waals surface area contributed by atoms with E-state index in [0.717, 1.165) is 5.39 Å². The van der Waals surface area contributed by atoms with Crippen LogP contribution in [0.3, 0.4) is 0 Å². The van der Waals surface area contributed by atoms with Crippen molar-refractivity contribution in [1.82, 2.24) is 5.16 Å². The van der Waals surface area contributed by atoms with Crippen molar-refractivity contribution in [2.75, 3.05) is 16.8 Å². The molecule has 0 spiro atoms. The first-order valence-electron chi connectivity index (χ1n) is 9.19. The van der Waals surface area contributed by atoms with Crippen LogP contribution < -0.4 is 10.2 Å². The first-order chi connectivity index (χ1) is 14.1. The van der Waals surface area contributed by atoms with Gasteiger partial charge in [-0.05, 0) is 44.2 Å². The number of amides is 2. The third-order valence-electron chi connectivity index (χ3n) is 4.57. The highest BCUT2D eigenvalue weighted by Crippen LogP contribution is 2.23. The maximum Gasteiger partial charge on any atom is 0.280 e. The fourth-order valence-corrected chi connectivity index (χ4v) is 3.13. The van der Waals surface area contributed by atoms with E-state index in [1.807, 2.05) is 31.2 Å². The Labute approximate surface area is 166 Å². The number of hydrogen-bond acceptors (Lipinski definition) is 5. The van der Waals surface area contributed by atoms with Crippen LogP contribution in [0.25, 0.3) is 11.0 Å². The number of fused-ring (bicyclic) bond motifs is 1. The van der Waals surface area contributed by atoms with Crippen molar-refractivity contribution in [1.29, 1.82) is 0 Å². The predicted molar refractivity (Wildman–Crippen MR) is 109 cm³/mol. The second-order valence-electron chi connectivity index (χ2n) is 6.52. The summed E-state index contributed by atoms with van der Waals surface area (Å²) < 4.78 is 10.4. The summed E-state index contributed by atoms with van der Waals surface area (Å²) in [5.74, 6) is 0.0735. The van der Waals surface area contributed by atoms with Crippen LogP contribution in [0.2, 0.25) is 0 Å². The van der Waals surface area contributed by atoms with Crippen molar-refractivity contribution in [2.24, 2.45) is 0 Å². The zero-order valence-electron chi connectivity index (χ0n) is 16.0. The molecule has 4 aromatic rings. The van der Waals surface area contributed by atoms with E-state index in [1.165, 1.54) is 6.26 Å². The van der Waals surface area contributed by atoms with E-state index in [-0.39, 0.29) is 17.5 Å². The zero-order chi connectivity index (χ0) is 20.4. The first-order valence-corrected chi connectivity index (χ1v) is 9.19. The standard InChI is InChI=1S/C22H19N3O4/c1-3-25(22(27)19-12-14(2)29-24-19)16-10-8-15(9-11-16)23-21(26)18-13-28-20-7-5-4-6-17(18)20/h4-13H,3H2,1-2H3,(H,23,26). The number of aryl methyl sites for hydroxylation is 1. The summed E-state index contributed by atoms with van der Waals surface area (Å²) in [6.07, 6.45) is 1.45. The van der Waals surface area contributed by atoms with Gasteiger partial charge in [0.2, 0.25) is 0 Å².